The average Bonchev–Trinajstić information content (AvgIpc) is 2.81. The lowest BCUT2D eigenvalue weighted by molar-refractivity contribution is -0.243. The summed E-state index contributed by atoms with van der Waals surface area (Å²) >= 11 is 0. The van der Waals surface area contributed by atoms with Crippen LogP contribution in [0, 0.1) is 0 Å². The average molecular weight is 295 g/mol. The van der Waals surface area contributed by atoms with Crippen molar-refractivity contribution in [3.63, 3.8) is 0 Å². The predicted octanol–water partition coefficient (Wildman–Crippen LogP) is 2.49. The number of hydrogen-bond donors (Lipinski definition) is 0. The van der Waals surface area contributed by atoms with Crippen LogP contribution in [0.5, 0.6) is 0 Å². The van der Waals surface area contributed by atoms with Crippen molar-refractivity contribution in [3.8, 4) is 0 Å². The fourth-order valence-corrected chi connectivity index (χ4v) is 2.80. The van der Waals surface area contributed by atoms with Crippen molar-refractivity contribution in [2.24, 2.45) is 0 Å². The molecule has 5 heteroatoms. The molecule has 0 radical (unpaired) electrons. The van der Waals surface area contributed by atoms with Crippen molar-refractivity contribution in [2.45, 2.75) is 12.7 Å². The summed E-state index contributed by atoms with van der Waals surface area (Å²) in [4.78, 5) is 30.2. The summed E-state index contributed by atoms with van der Waals surface area (Å²) in [6, 6.07) is 14.4. The van der Waals surface area contributed by atoms with E-state index in [1.54, 1.807) is 24.3 Å². The number of carbonyl (C=O) groups is 2. The van der Waals surface area contributed by atoms with Crippen molar-refractivity contribution < 1.29 is 19.2 Å². The second-order valence-corrected chi connectivity index (χ2v) is 5.21. The van der Waals surface area contributed by atoms with E-state index in [-0.39, 0.29) is 0 Å². The fraction of sp³-hybridized carbons (Fsp3) is 0.176. The van der Waals surface area contributed by atoms with E-state index < -0.39 is 18.1 Å². The molecule has 2 aromatic rings. The quantitative estimate of drug-likeness (QED) is 0.799. The standard InChI is InChI=1S/C17H13NO4/c19-15-13-7-3-4-8-14(13)16(20)18(15)22-17-12-6-2-1-5-11(12)9-10-21-17/h1-8,17H,9-10H2. The van der Waals surface area contributed by atoms with Crippen LogP contribution >= 0.6 is 0 Å². The van der Waals surface area contributed by atoms with Crippen LogP contribution in [-0.2, 0) is 16.0 Å². The Balaban J connectivity index is 1.64. The number of nitrogens with zero attached hydrogens (tertiary/aromatic N) is 1. The molecule has 0 aromatic heterocycles. The number of fused-ring (bicyclic) bond motifs is 2. The largest absolute Gasteiger partial charge is 0.346 e. The minimum atomic E-state index is -0.743. The van der Waals surface area contributed by atoms with Gasteiger partial charge in [0.2, 0.25) is 6.29 Å². The number of imide groups is 1. The van der Waals surface area contributed by atoms with Crippen LogP contribution < -0.4 is 0 Å². The maximum atomic E-state index is 12.3. The van der Waals surface area contributed by atoms with E-state index in [2.05, 4.69) is 0 Å². The molecule has 2 aliphatic rings. The summed E-state index contributed by atoms with van der Waals surface area (Å²) in [5.41, 5.74) is 2.67. The van der Waals surface area contributed by atoms with Crippen LogP contribution in [0.1, 0.15) is 38.1 Å². The third-order valence-corrected chi connectivity index (χ3v) is 3.91. The second kappa shape index (κ2) is 5.05. The highest BCUT2D eigenvalue weighted by Crippen LogP contribution is 2.32. The first kappa shape index (κ1) is 13.2. The Hall–Kier alpha value is -2.50. The molecule has 22 heavy (non-hydrogen) atoms. The van der Waals surface area contributed by atoms with Gasteiger partial charge in [0.1, 0.15) is 0 Å². The maximum absolute atomic E-state index is 12.3. The molecular formula is C17H13NO4. The van der Waals surface area contributed by atoms with Crippen LogP contribution in [0.2, 0.25) is 0 Å². The number of hydroxylamine groups is 2. The zero-order valence-electron chi connectivity index (χ0n) is 11.7. The first-order valence-electron chi connectivity index (χ1n) is 7.10. The van der Waals surface area contributed by atoms with Gasteiger partial charge in [-0.2, -0.15) is 0 Å². The van der Waals surface area contributed by atoms with Crippen molar-refractivity contribution in [1.29, 1.82) is 0 Å². The lowest BCUT2D eigenvalue weighted by Gasteiger charge is -2.27. The molecule has 0 bridgehead atoms. The number of benzene rings is 2. The molecule has 1 atom stereocenters. The number of rotatable bonds is 2. The van der Waals surface area contributed by atoms with Gasteiger partial charge in [0.25, 0.3) is 11.8 Å². The molecule has 0 N–H and O–H groups in total. The van der Waals surface area contributed by atoms with Gasteiger partial charge in [0.15, 0.2) is 0 Å². The Morgan fingerprint density at radius 2 is 1.59 bits per heavy atom. The van der Waals surface area contributed by atoms with Gasteiger partial charge in [-0.25, -0.2) is 4.84 Å². The normalized spacial score (nSPS) is 20.0. The smallest absolute Gasteiger partial charge is 0.286 e. The van der Waals surface area contributed by atoms with E-state index in [1.807, 2.05) is 24.3 Å². The molecule has 110 valence electrons. The lowest BCUT2D eigenvalue weighted by atomic mass is 10.0. The topological polar surface area (TPSA) is 55.8 Å². The molecular weight excluding hydrogens is 282 g/mol. The molecule has 0 aliphatic carbocycles. The summed E-state index contributed by atoms with van der Waals surface area (Å²) < 4.78 is 5.59. The maximum Gasteiger partial charge on any atom is 0.286 e. The van der Waals surface area contributed by atoms with Crippen LogP contribution in [0.4, 0.5) is 0 Å². The van der Waals surface area contributed by atoms with Gasteiger partial charge < -0.3 is 4.74 Å². The zero-order chi connectivity index (χ0) is 15.1. The second-order valence-electron chi connectivity index (χ2n) is 5.21. The third kappa shape index (κ3) is 1.94. The molecule has 1 unspecified atom stereocenters. The SMILES string of the molecule is O=C1c2ccccc2C(=O)N1OC1OCCc2ccccc21. The monoisotopic (exact) mass is 295 g/mol. The van der Waals surface area contributed by atoms with Crippen molar-refractivity contribution in [1.82, 2.24) is 5.06 Å². The number of amides is 2. The Morgan fingerprint density at radius 1 is 0.955 bits per heavy atom. The van der Waals surface area contributed by atoms with Crippen LogP contribution in [0.3, 0.4) is 0 Å². The van der Waals surface area contributed by atoms with Gasteiger partial charge in [-0.15, -0.1) is 5.06 Å². The van der Waals surface area contributed by atoms with Gasteiger partial charge in [-0.3, -0.25) is 9.59 Å². The number of hydrogen-bond acceptors (Lipinski definition) is 4. The predicted molar refractivity (Wildman–Crippen MR) is 76.9 cm³/mol. The van der Waals surface area contributed by atoms with E-state index >= 15 is 0 Å². The lowest BCUT2D eigenvalue weighted by Crippen LogP contribution is -2.34. The molecule has 0 saturated carbocycles. The molecule has 2 aliphatic heterocycles. The van der Waals surface area contributed by atoms with E-state index in [1.165, 1.54) is 0 Å². The molecule has 2 heterocycles. The number of carbonyl (C=O) groups excluding carboxylic acids is 2. The van der Waals surface area contributed by atoms with Crippen LogP contribution in [0.25, 0.3) is 0 Å². The summed E-state index contributed by atoms with van der Waals surface area (Å²) in [6.45, 7) is 0.491. The molecule has 4 rings (SSSR count). The summed E-state index contributed by atoms with van der Waals surface area (Å²) in [6.07, 6.45) is 0.0465. The van der Waals surface area contributed by atoms with Crippen molar-refractivity contribution in [2.75, 3.05) is 6.61 Å². The first-order chi connectivity index (χ1) is 10.8. The highest BCUT2D eigenvalue weighted by Gasteiger charge is 2.39. The molecule has 2 aromatic carbocycles. The van der Waals surface area contributed by atoms with Crippen LogP contribution in [0.15, 0.2) is 48.5 Å². The van der Waals surface area contributed by atoms with Crippen LogP contribution in [-0.4, -0.2) is 23.5 Å². The minimum Gasteiger partial charge on any atom is -0.346 e. The number of ether oxygens (including phenoxy) is 1. The van der Waals surface area contributed by atoms with Crippen molar-refractivity contribution in [3.05, 3.63) is 70.8 Å². The highest BCUT2D eigenvalue weighted by molar-refractivity contribution is 6.20. The molecule has 0 spiro atoms. The van der Waals surface area contributed by atoms with Gasteiger partial charge in [-0.05, 0) is 24.1 Å². The van der Waals surface area contributed by atoms with Gasteiger partial charge in [0, 0.05) is 5.56 Å². The molecule has 5 nitrogen and oxygen atoms in total. The fourth-order valence-electron chi connectivity index (χ4n) is 2.80. The molecule has 0 saturated heterocycles. The Kier molecular flexibility index (Phi) is 3.03. The van der Waals surface area contributed by atoms with E-state index in [4.69, 9.17) is 9.57 Å². The van der Waals surface area contributed by atoms with Gasteiger partial charge in [-0.1, -0.05) is 36.4 Å². The summed E-state index contributed by atoms with van der Waals surface area (Å²) in [5.74, 6) is -0.903. The highest BCUT2D eigenvalue weighted by atomic mass is 16.8. The minimum absolute atomic E-state index is 0.358. The zero-order valence-corrected chi connectivity index (χ0v) is 11.7. The van der Waals surface area contributed by atoms with Gasteiger partial charge >= 0.3 is 0 Å². The Labute approximate surface area is 127 Å². The van der Waals surface area contributed by atoms with E-state index in [9.17, 15) is 9.59 Å². The molecule has 0 fully saturated rings. The Bertz CT molecular complexity index is 736. The van der Waals surface area contributed by atoms with Crippen molar-refractivity contribution >= 4 is 11.8 Å². The Morgan fingerprint density at radius 3 is 2.32 bits per heavy atom. The van der Waals surface area contributed by atoms with E-state index in [0.29, 0.717) is 17.7 Å². The third-order valence-electron chi connectivity index (χ3n) is 3.91. The van der Waals surface area contributed by atoms with Gasteiger partial charge in [0.05, 0.1) is 17.7 Å². The summed E-state index contributed by atoms with van der Waals surface area (Å²) in [5, 5.41) is 0.803. The van der Waals surface area contributed by atoms with E-state index in [0.717, 1.165) is 22.6 Å². The molecule has 2 amide bonds. The summed E-state index contributed by atoms with van der Waals surface area (Å²) in [7, 11) is 0. The first-order valence-corrected chi connectivity index (χ1v) is 7.10.